The number of rotatable bonds is 6. The third-order valence-corrected chi connectivity index (χ3v) is 8.26. The van der Waals surface area contributed by atoms with Crippen molar-refractivity contribution in [3.8, 4) is 11.5 Å². The summed E-state index contributed by atoms with van der Waals surface area (Å²) in [6, 6.07) is 14.4. The number of hydrogen-bond donors (Lipinski definition) is 2. The van der Waals surface area contributed by atoms with Crippen LogP contribution in [0, 0.1) is 5.92 Å². The molecule has 5 rings (SSSR count). The van der Waals surface area contributed by atoms with Crippen LogP contribution in [0.15, 0.2) is 77.7 Å². The van der Waals surface area contributed by atoms with E-state index in [2.05, 4.69) is 10.0 Å². The lowest BCUT2D eigenvalue weighted by Gasteiger charge is -2.38. The summed E-state index contributed by atoms with van der Waals surface area (Å²) in [5.74, 6) is 0.357. The van der Waals surface area contributed by atoms with E-state index in [1.165, 1.54) is 38.5 Å². The maximum absolute atomic E-state index is 13.8. The van der Waals surface area contributed by atoms with Gasteiger partial charge in [-0.25, -0.2) is 8.42 Å². The van der Waals surface area contributed by atoms with Crippen molar-refractivity contribution in [2.45, 2.75) is 29.5 Å². The van der Waals surface area contributed by atoms with Crippen molar-refractivity contribution in [3.63, 3.8) is 0 Å². The second-order valence-corrected chi connectivity index (χ2v) is 10.7. The first-order valence-electron chi connectivity index (χ1n) is 11.6. The Bertz CT molecular complexity index is 1470. The summed E-state index contributed by atoms with van der Waals surface area (Å²) in [6.45, 7) is 0. The number of nitrogens with one attached hydrogen (secondary N) is 2. The molecule has 0 saturated heterocycles. The zero-order chi connectivity index (χ0) is 26.4. The molecule has 0 fully saturated rings. The van der Waals surface area contributed by atoms with Crippen LogP contribution in [0.2, 0.25) is 0 Å². The second-order valence-electron chi connectivity index (χ2n) is 8.98. The smallest absolute Gasteiger partial charge is 0.416 e. The fourth-order valence-electron chi connectivity index (χ4n) is 5.17. The van der Waals surface area contributed by atoms with Gasteiger partial charge in [0.15, 0.2) is 0 Å². The number of methoxy groups -OCH3 is 2. The number of benzene rings is 3. The molecule has 1 aliphatic carbocycles. The molecule has 0 bridgehead atoms. The Morgan fingerprint density at radius 1 is 0.973 bits per heavy atom. The number of anilines is 2. The molecule has 6 nitrogen and oxygen atoms in total. The predicted molar refractivity (Wildman–Crippen MR) is 135 cm³/mol. The zero-order valence-electron chi connectivity index (χ0n) is 20.0. The quantitative estimate of drug-likeness (QED) is 0.363. The Hall–Kier alpha value is -3.66. The van der Waals surface area contributed by atoms with Crippen LogP contribution in [0.1, 0.15) is 35.1 Å². The van der Waals surface area contributed by atoms with E-state index in [0.717, 1.165) is 11.6 Å². The monoisotopic (exact) mass is 530 g/mol. The van der Waals surface area contributed by atoms with Gasteiger partial charge in [0.2, 0.25) is 0 Å². The Morgan fingerprint density at radius 3 is 2.49 bits per heavy atom. The molecule has 10 heteroatoms. The van der Waals surface area contributed by atoms with Crippen LogP contribution in [0.25, 0.3) is 0 Å². The lowest BCUT2D eigenvalue weighted by molar-refractivity contribution is -0.138. The van der Waals surface area contributed by atoms with Gasteiger partial charge >= 0.3 is 6.18 Å². The zero-order valence-corrected chi connectivity index (χ0v) is 20.9. The van der Waals surface area contributed by atoms with Crippen molar-refractivity contribution in [3.05, 3.63) is 89.5 Å². The minimum Gasteiger partial charge on any atom is -0.497 e. The molecule has 0 radical (unpaired) electrons. The van der Waals surface area contributed by atoms with E-state index in [9.17, 15) is 21.6 Å². The van der Waals surface area contributed by atoms with Gasteiger partial charge < -0.3 is 14.8 Å². The normalized spacial score (nSPS) is 20.5. The first kappa shape index (κ1) is 25.0. The predicted octanol–water partition coefficient (Wildman–Crippen LogP) is 6.35. The Balaban J connectivity index is 1.51. The summed E-state index contributed by atoms with van der Waals surface area (Å²) < 4.78 is 81.0. The van der Waals surface area contributed by atoms with Gasteiger partial charge in [0.25, 0.3) is 10.0 Å². The minimum atomic E-state index is -4.48. The number of allylic oxidation sites excluding steroid dienone is 2. The second kappa shape index (κ2) is 9.33. The number of fused-ring (bicyclic) bond motifs is 3. The molecule has 3 aromatic carbocycles. The third kappa shape index (κ3) is 4.61. The SMILES string of the molecule is COc1ccc(OC)c(NS(=O)(=O)c2ccc3c(c2)[C@H]2C=CC[C@H]2[C@@H](c2ccccc2C(F)(F)F)N3)c1. The van der Waals surface area contributed by atoms with Crippen LogP contribution in [-0.2, 0) is 16.2 Å². The lowest BCUT2D eigenvalue weighted by Crippen LogP contribution is -2.31. The maximum atomic E-state index is 13.8. The van der Waals surface area contributed by atoms with E-state index < -0.39 is 27.8 Å². The number of halogens is 3. The highest BCUT2D eigenvalue weighted by molar-refractivity contribution is 7.92. The fourth-order valence-corrected chi connectivity index (χ4v) is 6.27. The molecule has 194 valence electrons. The molecule has 2 aliphatic rings. The highest BCUT2D eigenvalue weighted by atomic mass is 32.2. The maximum Gasteiger partial charge on any atom is 0.416 e. The standard InChI is InChI=1S/C27H25F3N2O4S/c1-35-16-10-13-25(36-2)24(14-16)32-37(33,34)17-11-12-23-21(15-17)18-7-5-8-19(18)26(31-23)20-6-3-4-9-22(20)27(28,29)30/h3-7,9-15,18-19,26,31-32H,8H2,1-2H3/t18-,19+,26-/m0/s1. The van der Waals surface area contributed by atoms with Gasteiger partial charge in [0.1, 0.15) is 11.5 Å². The summed E-state index contributed by atoms with van der Waals surface area (Å²) in [5.41, 5.74) is 1.06. The molecule has 37 heavy (non-hydrogen) atoms. The minimum absolute atomic E-state index is 0.0334. The van der Waals surface area contributed by atoms with Crippen LogP contribution < -0.4 is 19.5 Å². The van der Waals surface area contributed by atoms with Crippen molar-refractivity contribution < 1.29 is 31.1 Å². The van der Waals surface area contributed by atoms with E-state index in [0.29, 0.717) is 23.6 Å². The number of hydrogen-bond acceptors (Lipinski definition) is 5. The van der Waals surface area contributed by atoms with Crippen LogP contribution in [0.4, 0.5) is 24.5 Å². The summed E-state index contributed by atoms with van der Waals surface area (Å²) >= 11 is 0. The highest BCUT2D eigenvalue weighted by Gasteiger charge is 2.42. The summed E-state index contributed by atoms with van der Waals surface area (Å²) in [5, 5.41) is 3.27. The molecule has 0 spiro atoms. The van der Waals surface area contributed by atoms with Crippen LogP contribution in [0.5, 0.6) is 11.5 Å². The van der Waals surface area contributed by atoms with Crippen LogP contribution in [0.3, 0.4) is 0 Å². The summed E-state index contributed by atoms with van der Waals surface area (Å²) in [7, 11) is -1.10. The van der Waals surface area contributed by atoms with E-state index in [4.69, 9.17) is 9.47 Å². The first-order chi connectivity index (χ1) is 17.6. The Labute approximate surface area is 213 Å². The summed E-state index contributed by atoms with van der Waals surface area (Å²) in [6.07, 6.45) is -0.0205. The van der Waals surface area contributed by atoms with Gasteiger partial charge in [-0.2, -0.15) is 13.2 Å². The molecule has 0 saturated carbocycles. The highest BCUT2D eigenvalue weighted by Crippen LogP contribution is 2.52. The van der Waals surface area contributed by atoms with Crippen molar-refractivity contribution in [1.29, 1.82) is 0 Å². The summed E-state index contributed by atoms with van der Waals surface area (Å²) in [4.78, 5) is 0.0334. The van der Waals surface area contributed by atoms with Crippen LogP contribution in [-0.4, -0.2) is 22.6 Å². The Kier molecular flexibility index (Phi) is 6.31. The number of ether oxygens (including phenoxy) is 2. The molecule has 0 aromatic heterocycles. The molecular weight excluding hydrogens is 505 g/mol. The topological polar surface area (TPSA) is 76.7 Å². The van der Waals surface area contributed by atoms with Crippen molar-refractivity contribution in [2.24, 2.45) is 5.92 Å². The van der Waals surface area contributed by atoms with E-state index in [-0.39, 0.29) is 28.0 Å². The van der Waals surface area contributed by atoms with Gasteiger partial charge in [0, 0.05) is 17.7 Å². The molecule has 0 unspecified atom stereocenters. The number of sulfonamides is 1. The molecule has 0 amide bonds. The third-order valence-electron chi connectivity index (χ3n) is 6.90. The van der Waals surface area contributed by atoms with Crippen LogP contribution >= 0.6 is 0 Å². The van der Waals surface area contributed by atoms with Gasteiger partial charge in [-0.05, 0) is 59.9 Å². The molecular formula is C27H25F3N2O4S. The Morgan fingerprint density at radius 2 is 1.76 bits per heavy atom. The molecule has 3 atom stereocenters. The number of alkyl halides is 3. The molecule has 2 N–H and O–H groups in total. The fraction of sp³-hybridized carbons (Fsp3) is 0.259. The largest absolute Gasteiger partial charge is 0.497 e. The van der Waals surface area contributed by atoms with Crippen molar-refractivity contribution >= 4 is 21.4 Å². The average Bonchev–Trinajstić information content (AvgIpc) is 3.37. The molecule has 1 heterocycles. The van der Waals surface area contributed by atoms with E-state index in [1.807, 2.05) is 12.2 Å². The average molecular weight is 531 g/mol. The molecule has 1 aliphatic heterocycles. The van der Waals surface area contributed by atoms with Crippen molar-refractivity contribution in [2.75, 3.05) is 24.3 Å². The van der Waals surface area contributed by atoms with Crippen molar-refractivity contribution in [1.82, 2.24) is 0 Å². The van der Waals surface area contributed by atoms with E-state index in [1.54, 1.807) is 30.3 Å². The lowest BCUT2D eigenvalue weighted by atomic mass is 9.76. The van der Waals surface area contributed by atoms with E-state index >= 15 is 0 Å². The van der Waals surface area contributed by atoms with Gasteiger partial charge in [-0.1, -0.05) is 30.4 Å². The van der Waals surface area contributed by atoms with Gasteiger partial charge in [-0.3, -0.25) is 4.72 Å². The first-order valence-corrected chi connectivity index (χ1v) is 13.1. The van der Waals surface area contributed by atoms with Gasteiger partial charge in [-0.15, -0.1) is 0 Å². The van der Waals surface area contributed by atoms with Gasteiger partial charge in [0.05, 0.1) is 36.4 Å². The molecule has 3 aromatic rings.